The van der Waals surface area contributed by atoms with Crippen molar-refractivity contribution in [3.05, 3.63) is 59.1 Å². The second-order valence-corrected chi connectivity index (χ2v) is 6.70. The summed E-state index contributed by atoms with van der Waals surface area (Å²) in [6.45, 7) is 2.58. The predicted molar refractivity (Wildman–Crippen MR) is 105 cm³/mol. The van der Waals surface area contributed by atoms with Crippen LogP contribution in [0.15, 0.2) is 48.5 Å². The molecule has 1 saturated heterocycles. The largest absolute Gasteiger partial charge is 0.495 e. The molecule has 0 atom stereocenters. The van der Waals surface area contributed by atoms with Crippen LogP contribution in [0, 0.1) is 0 Å². The molecule has 1 aliphatic rings. The smallest absolute Gasteiger partial charge is 0.312 e. The number of carbonyl (C=O) groups excluding carboxylic acids is 2. The number of anilines is 1. The van der Waals surface area contributed by atoms with E-state index in [1.54, 1.807) is 24.1 Å². The minimum atomic E-state index is -0.587. The van der Waals surface area contributed by atoms with E-state index < -0.39 is 11.8 Å². The topological polar surface area (TPSA) is 61.9 Å². The van der Waals surface area contributed by atoms with Gasteiger partial charge in [0.1, 0.15) is 5.75 Å². The van der Waals surface area contributed by atoms with Crippen molar-refractivity contribution in [2.45, 2.75) is 6.54 Å². The van der Waals surface area contributed by atoms with Crippen LogP contribution in [0.3, 0.4) is 0 Å². The number of hydrogen-bond donors (Lipinski definition) is 1. The van der Waals surface area contributed by atoms with Gasteiger partial charge in [-0.1, -0.05) is 35.9 Å². The van der Waals surface area contributed by atoms with Gasteiger partial charge in [-0.3, -0.25) is 9.59 Å². The molecule has 1 aliphatic heterocycles. The minimum Gasteiger partial charge on any atom is -0.495 e. The second-order valence-electron chi connectivity index (χ2n) is 6.26. The molecule has 0 aliphatic carbocycles. The Hall–Kier alpha value is -2.73. The van der Waals surface area contributed by atoms with Crippen LogP contribution >= 0.6 is 11.6 Å². The Balaban J connectivity index is 1.51. The van der Waals surface area contributed by atoms with Crippen LogP contribution in [0.25, 0.3) is 0 Å². The van der Waals surface area contributed by atoms with Gasteiger partial charge >= 0.3 is 11.8 Å². The van der Waals surface area contributed by atoms with E-state index >= 15 is 0 Å². The van der Waals surface area contributed by atoms with Gasteiger partial charge in [-0.05, 0) is 29.8 Å². The van der Waals surface area contributed by atoms with E-state index in [-0.39, 0.29) is 0 Å². The number of hydrogen-bond acceptors (Lipinski definition) is 4. The number of piperazine rings is 1. The third-order valence-electron chi connectivity index (χ3n) is 4.55. The lowest BCUT2D eigenvalue weighted by Gasteiger charge is -2.36. The highest BCUT2D eigenvalue weighted by Gasteiger charge is 2.26. The number of amides is 2. The molecule has 0 unspecified atom stereocenters. The standard InChI is InChI=1S/C20H22ClN3O3/c1-27-18-5-3-2-4-17(18)23-10-12-24(13-11-23)20(26)19(25)22-14-15-6-8-16(21)9-7-15/h2-9H,10-14H2,1H3,(H,22,25). The molecule has 0 saturated carbocycles. The average Bonchev–Trinajstić information content (AvgIpc) is 2.72. The molecule has 2 aromatic rings. The predicted octanol–water partition coefficient (Wildman–Crippen LogP) is 2.31. The number of para-hydroxylation sites is 2. The Bertz CT molecular complexity index is 802. The molecule has 3 rings (SSSR count). The Morgan fingerprint density at radius 1 is 1.04 bits per heavy atom. The first kappa shape index (κ1) is 19.0. The molecule has 1 N–H and O–H groups in total. The quantitative estimate of drug-likeness (QED) is 0.818. The zero-order valence-corrected chi connectivity index (χ0v) is 15.9. The molecule has 2 amide bonds. The maximum Gasteiger partial charge on any atom is 0.312 e. The van der Waals surface area contributed by atoms with Gasteiger partial charge in [0, 0.05) is 37.7 Å². The minimum absolute atomic E-state index is 0.295. The Morgan fingerprint density at radius 2 is 1.70 bits per heavy atom. The monoisotopic (exact) mass is 387 g/mol. The van der Waals surface area contributed by atoms with E-state index in [9.17, 15) is 9.59 Å². The molecule has 0 spiro atoms. The number of halogens is 1. The van der Waals surface area contributed by atoms with Gasteiger partial charge in [-0.2, -0.15) is 0 Å². The third-order valence-corrected chi connectivity index (χ3v) is 4.81. The van der Waals surface area contributed by atoms with Gasteiger partial charge in [0.15, 0.2) is 0 Å². The number of benzene rings is 2. The van der Waals surface area contributed by atoms with Crippen molar-refractivity contribution < 1.29 is 14.3 Å². The summed E-state index contributed by atoms with van der Waals surface area (Å²) in [7, 11) is 1.64. The summed E-state index contributed by atoms with van der Waals surface area (Å²) in [5.41, 5.74) is 1.89. The molecular weight excluding hydrogens is 366 g/mol. The van der Waals surface area contributed by atoms with Gasteiger partial charge < -0.3 is 19.9 Å². The number of ether oxygens (including phenoxy) is 1. The SMILES string of the molecule is COc1ccccc1N1CCN(C(=O)C(=O)NCc2ccc(Cl)cc2)CC1. The van der Waals surface area contributed by atoms with Crippen molar-refractivity contribution >= 4 is 29.1 Å². The molecule has 0 aromatic heterocycles. The van der Waals surface area contributed by atoms with E-state index in [1.807, 2.05) is 36.4 Å². The van der Waals surface area contributed by atoms with Crippen molar-refractivity contribution in [1.82, 2.24) is 10.2 Å². The van der Waals surface area contributed by atoms with Gasteiger partial charge in [0.05, 0.1) is 12.8 Å². The zero-order valence-electron chi connectivity index (χ0n) is 15.2. The molecule has 0 radical (unpaired) electrons. The van der Waals surface area contributed by atoms with Gasteiger partial charge in [-0.25, -0.2) is 0 Å². The molecule has 2 aromatic carbocycles. The van der Waals surface area contributed by atoms with Crippen molar-refractivity contribution in [1.29, 1.82) is 0 Å². The fourth-order valence-electron chi connectivity index (χ4n) is 3.05. The lowest BCUT2D eigenvalue weighted by atomic mass is 10.2. The Morgan fingerprint density at radius 3 is 2.37 bits per heavy atom. The van der Waals surface area contributed by atoms with Crippen molar-refractivity contribution in [2.75, 3.05) is 38.2 Å². The molecule has 27 heavy (non-hydrogen) atoms. The van der Waals surface area contributed by atoms with Crippen LogP contribution in [0.2, 0.25) is 5.02 Å². The van der Waals surface area contributed by atoms with E-state index in [0.717, 1.165) is 17.0 Å². The highest BCUT2D eigenvalue weighted by atomic mass is 35.5. The first-order valence-electron chi connectivity index (χ1n) is 8.78. The lowest BCUT2D eigenvalue weighted by molar-refractivity contribution is -0.146. The number of carbonyl (C=O) groups is 2. The number of rotatable bonds is 4. The van der Waals surface area contributed by atoms with Crippen LogP contribution in [0.4, 0.5) is 5.69 Å². The number of nitrogens with one attached hydrogen (secondary N) is 1. The molecule has 142 valence electrons. The summed E-state index contributed by atoms with van der Waals surface area (Å²) in [6.07, 6.45) is 0. The number of nitrogens with zero attached hydrogens (tertiary/aromatic N) is 2. The van der Waals surface area contributed by atoms with Crippen molar-refractivity contribution in [2.24, 2.45) is 0 Å². The first-order chi connectivity index (χ1) is 13.1. The van der Waals surface area contributed by atoms with Gasteiger partial charge in [-0.15, -0.1) is 0 Å². The Kier molecular flexibility index (Phi) is 6.19. The fourth-order valence-corrected chi connectivity index (χ4v) is 3.17. The molecule has 6 nitrogen and oxygen atoms in total. The van der Waals surface area contributed by atoms with Crippen LogP contribution in [-0.2, 0) is 16.1 Å². The van der Waals surface area contributed by atoms with E-state index in [1.165, 1.54) is 0 Å². The zero-order chi connectivity index (χ0) is 19.2. The van der Waals surface area contributed by atoms with Crippen molar-refractivity contribution in [3.63, 3.8) is 0 Å². The van der Waals surface area contributed by atoms with Crippen LogP contribution < -0.4 is 15.0 Å². The molecule has 1 heterocycles. The summed E-state index contributed by atoms with van der Waals surface area (Å²) in [6, 6.07) is 14.9. The summed E-state index contributed by atoms with van der Waals surface area (Å²) in [4.78, 5) is 28.3. The Labute approximate surface area is 163 Å². The maximum absolute atomic E-state index is 12.4. The molecule has 0 bridgehead atoms. The van der Waals surface area contributed by atoms with Crippen LogP contribution in [0.1, 0.15) is 5.56 Å². The van der Waals surface area contributed by atoms with Crippen LogP contribution in [0.5, 0.6) is 5.75 Å². The van der Waals surface area contributed by atoms with Crippen molar-refractivity contribution in [3.8, 4) is 5.75 Å². The molecular formula is C20H22ClN3O3. The molecule has 1 fully saturated rings. The lowest BCUT2D eigenvalue weighted by Crippen LogP contribution is -2.52. The first-order valence-corrected chi connectivity index (χ1v) is 9.16. The average molecular weight is 388 g/mol. The highest BCUT2D eigenvalue weighted by molar-refractivity contribution is 6.35. The van der Waals surface area contributed by atoms with E-state index in [2.05, 4.69) is 10.2 Å². The highest BCUT2D eigenvalue weighted by Crippen LogP contribution is 2.28. The van der Waals surface area contributed by atoms with Gasteiger partial charge in [0.2, 0.25) is 0 Å². The maximum atomic E-state index is 12.4. The summed E-state index contributed by atoms with van der Waals surface area (Å²) >= 11 is 5.84. The normalized spacial score (nSPS) is 14.0. The second kappa shape index (κ2) is 8.77. The summed E-state index contributed by atoms with van der Waals surface area (Å²) in [5.74, 6) is -0.280. The number of methoxy groups -OCH3 is 1. The van der Waals surface area contributed by atoms with E-state index in [4.69, 9.17) is 16.3 Å². The van der Waals surface area contributed by atoms with Crippen LogP contribution in [-0.4, -0.2) is 50.0 Å². The van der Waals surface area contributed by atoms with Gasteiger partial charge in [0.25, 0.3) is 0 Å². The fraction of sp³-hybridized carbons (Fsp3) is 0.300. The summed E-state index contributed by atoms with van der Waals surface area (Å²) < 4.78 is 5.40. The third kappa shape index (κ3) is 4.71. The van der Waals surface area contributed by atoms with E-state index in [0.29, 0.717) is 37.7 Å². The summed E-state index contributed by atoms with van der Waals surface area (Å²) in [5, 5.41) is 3.30. The molecule has 7 heteroatoms.